The van der Waals surface area contributed by atoms with E-state index in [1.807, 2.05) is 24.3 Å². The molecule has 0 fully saturated rings. The number of para-hydroxylation sites is 2. The summed E-state index contributed by atoms with van der Waals surface area (Å²) >= 11 is 0. The van der Waals surface area contributed by atoms with Crippen LogP contribution in [-0.2, 0) is 12.4 Å². The third kappa shape index (κ3) is 6.82. The molecule has 66 heavy (non-hydrogen) atoms. The van der Waals surface area contributed by atoms with Crippen molar-refractivity contribution >= 4 is 43.6 Å². The topological polar surface area (TPSA) is 105 Å². The quantitative estimate of drug-likeness (QED) is 0.161. The smallest absolute Gasteiger partial charge is 0.309 e. The number of aromatic nitrogens is 2. The van der Waals surface area contributed by atoms with Gasteiger partial charge in [0.05, 0.1) is 79.7 Å². The summed E-state index contributed by atoms with van der Waals surface area (Å²) in [6.45, 7) is 0. The minimum Gasteiger partial charge on any atom is -0.309 e. The van der Waals surface area contributed by atoms with Crippen LogP contribution < -0.4 is 0 Å². The lowest BCUT2D eigenvalue weighted by Gasteiger charge is -2.21. The fourth-order valence-corrected chi connectivity index (χ4v) is 8.99. The Morgan fingerprint density at radius 3 is 1.03 bits per heavy atom. The van der Waals surface area contributed by atoms with E-state index in [4.69, 9.17) is 0 Å². The van der Waals surface area contributed by atoms with Gasteiger partial charge in [-0.05, 0) is 130 Å². The number of benzene rings is 8. The number of halogens is 6. The van der Waals surface area contributed by atoms with Crippen molar-refractivity contribution < 1.29 is 26.3 Å². The van der Waals surface area contributed by atoms with Crippen molar-refractivity contribution in [1.29, 1.82) is 21.0 Å². The predicted molar refractivity (Wildman–Crippen MR) is 240 cm³/mol. The largest absolute Gasteiger partial charge is 0.417 e. The normalized spacial score (nSPS) is 11.7. The Morgan fingerprint density at radius 1 is 0.333 bits per heavy atom. The Kier molecular flexibility index (Phi) is 9.50. The Hall–Kier alpha value is -9.10. The minimum absolute atomic E-state index is 0.154. The van der Waals surface area contributed by atoms with Gasteiger partial charge in [-0.1, -0.05) is 60.7 Å². The van der Waals surface area contributed by atoms with Gasteiger partial charge in [-0.15, -0.1) is 0 Å². The lowest BCUT2D eigenvalue weighted by molar-refractivity contribution is -0.139. The molecule has 0 atom stereocenters. The van der Waals surface area contributed by atoms with Gasteiger partial charge in [-0.25, -0.2) is 0 Å². The van der Waals surface area contributed by atoms with E-state index in [1.165, 1.54) is 24.3 Å². The van der Waals surface area contributed by atoms with Gasteiger partial charge in [0.2, 0.25) is 0 Å². The summed E-state index contributed by atoms with van der Waals surface area (Å²) in [5, 5.41) is 41.6. The Labute approximate surface area is 371 Å². The van der Waals surface area contributed by atoms with Crippen molar-refractivity contribution in [2.45, 2.75) is 12.4 Å². The van der Waals surface area contributed by atoms with Gasteiger partial charge in [0.25, 0.3) is 0 Å². The molecule has 6 nitrogen and oxygen atoms in total. The molecular weight excluding hydrogens is 847 g/mol. The summed E-state index contributed by atoms with van der Waals surface area (Å²) < 4.78 is 94.8. The first-order valence-corrected chi connectivity index (χ1v) is 20.2. The molecular formula is C54H26F6N6. The highest BCUT2D eigenvalue weighted by Gasteiger charge is 2.39. The first-order chi connectivity index (χ1) is 31.8. The van der Waals surface area contributed by atoms with Crippen molar-refractivity contribution in [3.63, 3.8) is 0 Å². The number of hydrogen-bond acceptors (Lipinski definition) is 4. The summed E-state index contributed by atoms with van der Waals surface area (Å²) in [7, 11) is 0. The van der Waals surface area contributed by atoms with Gasteiger partial charge in [0.15, 0.2) is 0 Å². The zero-order chi connectivity index (χ0) is 46.1. The monoisotopic (exact) mass is 872 g/mol. The maximum atomic E-state index is 15.2. The molecule has 0 bridgehead atoms. The number of rotatable bonds is 5. The number of nitrogens with zero attached hydrogens (tertiary/aromatic N) is 6. The highest BCUT2D eigenvalue weighted by Crippen LogP contribution is 2.46. The fraction of sp³-hybridized carbons (Fsp3) is 0.0370. The SMILES string of the molecule is N#Cc1cc(C#N)cc(-c2ccc3c4ccccc4n(-c4ccc(C(F)(F)F)c(-c5cc(-n6c7ccccc7c7ccc(-c8cc(C#N)cc(C#N)c8)cc76)ccc5C(F)(F)F)c4)c3c2)c1. The van der Waals surface area contributed by atoms with Crippen LogP contribution in [0.3, 0.4) is 0 Å². The van der Waals surface area contributed by atoms with Gasteiger partial charge in [-0.3, -0.25) is 0 Å². The maximum Gasteiger partial charge on any atom is 0.417 e. The van der Waals surface area contributed by atoms with Crippen LogP contribution in [0, 0.1) is 45.3 Å². The van der Waals surface area contributed by atoms with Crippen LogP contribution in [-0.4, -0.2) is 9.13 Å². The van der Waals surface area contributed by atoms with E-state index < -0.39 is 34.6 Å². The van der Waals surface area contributed by atoms with Crippen LogP contribution in [0.4, 0.5) is 26.3 Å². The summed E-state index contributed by atoms with van der Waals surface area (Å²) in [5.74, 6) is 0. The second-order valence-electron chi connectivity index (χ2n) is 15.7. The van der Waals surface area contributed by atoms with Crippen LogP contribution >= 0.6 is 0 Å². The predicted octanol–water partition coefficient (Wildman–Crippen LogP) is 14.4. The number of hydrogen-bond donors (Lipinski definition) is 0. The highest BCUT2D eigenvalue weighted by molar-refractivity contribution is 6.11. The van der Waals surface area contributed by atoms with Crippen molar-refractivity contribution in [2.24, 2.45) is 0 Å². The van der Waals surface area contributed by atoms with Crippen LogP contribution in [0.25, 0.3) is 88.4 Å². The van der Waals surface area contributed by atoms with Gasteiger partial charge in [0.1, 0.15) is 0 Å². The molecule has 2 heterocycles. The zero-order valence-corrected chi connectivity index (χ0v) is 34.0. The van der Waals surface area contributed by atoms with Crippen molar-refractivity contribution in [1.82, 2.24) is 9.13 Å². The molecule has 0 spiro atoms. The average molecular weight is 873 g/mol. The van der Waals surface area contributed by atoms with Crippen LogP contribution in [0.5, 0.6) is 0 Å². The second kappa shape index (κ2) is 15.3. The van der Waals surface area contributed by atoms with E-state index in [-0.39, 0.29) is 33.6 Å². The molecule has 2 aromatic heterocycles. The fourth-order valence-electron chi connectivity index (χ4n) is 8.99. The maximum absolute atomic E-state index is 15.2. The first-order valence-electron chi connectivity index (χ1n) is 20.2. The van der Waals surface area contributed by atoms with Gasteiger partial charge in [0, 0.05) is 32.9 Å². The Morgan fingerprint density at radius 2 is 0.682 bits per heavy atom. The molecule has 8 aromatic carbocycles. The number of alkyl halides is 6. The van der Waals surface area contributed by atoms with E-state index in [1.54, 1.807) is 94.1 Å². The summed E-state index contributed by atoms with van der Waals surface area (Å²) in [4.78, 5) is 0. The van der Waals surface area contributed by atoms with Crippen LogP contribution in [0.15, 0.2) is 158 Å². The van der Waals surface area contributed by atoms with E-state index in [9.17, 15) is 21.0 Å². The molecule has 0 unspecified atom stereocenters. The van der Waals surface area contributed by atoms with E-state index in [0.29, 0.717) is 55.1 Å². The first kappa shape index (κ1) is 40.9. The van der Waals surface area contributed by atoms with E-state index in [0.717, 1.165) is 35.0 Å². The molecule has 10 rings (SSSR count). The Bertz CT molecular complexity index is 3540. The molecule has 0 saturated heterocycles. The Balaban J connectivity index is 1.23. The summed E-state index contributed by atoms with van der Waals surface area (Å²) in [6.07, 6.45) is -10.2. The van der Waals surface area contributed by atoms with E-state index >= 15 is 26.3 Å². The average Bonchev–Trinajstić information content (AvgIpc) is 3.84. The molecule has 0 aliphatic carbocycles. The standard InChI is InChI=1S/C54H26F6N6/c55-53(56,57)47-15-11-39(65-49-7-3-1-5-41(49)43-13-9-35(23-51(43)65)37-19-31(27-61)17-32(20-37)28-62)25-45(47)46-26-40(12-16-48(46)54(58,59)60)66-50-8-4-2-6-42(50)44-14-10-36(24-52(44)66)38-21-33(29-63)18-34(22-38)30-64/h1-26H. The highest BCUT2D eigenvalue weighted by atomic mass is 19.4. The molecule has 0 amide bonds. The molecule has 10 aromatic rings. The molecule has 0 N–H and O–H groups in total. The molecule has 0 aliphatic rings. The molecule has 0 radical (unpaired) electrons. The third-order valence-electron chi connectivity index (χ3n) is 11.8. The van der Waals surface area contributed by atoms with Crippen LogP contribution in [0.1, 0.15) is 33.4 Å². The molecule has 0 aliphatic heterocycles. The van der Waals surface area contributed by atoms with Crippen molar-refractivity contribution in [3.05, 3.63) is 191 Å². The third-order valence-corrected chi connectivity index (χ3v) is 11.8. The zero-order valence-electron chi connectivity index (χ0n) is 34.0. The second-order valence-corrected chi connectivity index (χ2v) is 15.7. The lowest BCUT2D eigenvalue weighted by atomic mass is 9.93. The molecule has 0 saturated carbocycles. The van der Waals surface area contributed by atoms with Gasteiger partial charge < -0.3 is 9.13 Å². The molecule has 314 valence electrons. The lowest BCUT2D eigenvalue weighted by Crippen LogP contribution is -2.12. The van der Waals surface area contributed by atoms with Gasteiger partial charge >= 0.3 is 12.4 Å². The van der Waals surface area contributed by atoms with Crippen molar-refractivity contribution in [2.75, 3.05) is 0 Å². The number of fused-ring (bicyclic) bond motifs is 6. The summed E-state index contributed by atoms with van der Waals surface area (Å²) in [5.41, 5.74) is 1.84. The van der Waals surface area contributed by atoms with E-state index in [2.05, 4.69) is 24.3 Å². The number of nitriles is 4. The van der Waals surface area contributed by atoms with Crippen molar-refractivity contribution in [3.8, 4) is 69.0 Å². The summed E-state index contributed by atoms with van der Waals surface area (Å²) in [6, 6.07) is 49.1. The minimum atomic E-state index is -5.08. The van der Waals surface area contributed by atoms with Crippen LogP contribution in [0.2, 0.25) is 0 Å². The van der Waals surface area contributed by atoms with Gasteiger partial charge in [-0.2, -0.15) is 47.4 Å². The molecule has 12 heteroatoms.